The van der Waals surface area contributed by atoms with Crippen LogP contribution in [-0.4, -0.2) is 0 Å². The number of hydrogen-bond donors (Lipinski definition) is 0. The molecule has 0 spiro atoms. The van der Waals surface area contributed by atoms with Gasteiger partial charge in [-0.1, -0.05) is 286 Å². The Hall–Kier alpha value is -4.88. The summed E-state index contributed by atoms with van der Waals surface area (Å²) in [6.07, 6.45) is 38.3. The molecule has 0 saturated carbocycles. The first-order chi connectivity index (χ1) is 37.7. The number of fused-ring (bicyclic) bond motifs is 7. The van der Waals surface area contributed by atoms with Gasteiger partial charge in [-0.3, -0.25) is 0 Å². The van der Waals surface area contributed by atoms with Crippen molar-refractivity contribution in [2.75, 3.05) is 4.90 Å². The molecule has 412 valence electrons. The van der Waals surface area contributed by atoms with Gasteiger partial charge in [-0.2, -0.15) is 0 Å². The second-order valence-corrected chi connectivity index (χ2v) is 24.6. The van der Waals surface area contributed by atoms with Gasteiger partial charge in [0.2, 0.25) is 0 Å². The molecule has 0 heterocycles. The molecule has 77 heavy (non-hydrogen) atoms. The Balaban J connectivity index is 1.27. The van der Waals surface area contributed by atoms with Gasteiger partial charge in [0.05, 0.1) is 0 Å². The van der Waals surface area contributed by atoms with Crippen LogP contribution < -0.4 is 4.90 Å². The van der Waals surface area contributed by atoms with Crippen LogP contribution in [0, 0.1) is 13.8 Å². The molecule has 1 unspecified atom stereocenters. The first kappa shape index (κ1) is 58.3. The average Bonchev–Trinajstić information content (AvgIpc) is 3.91. The third-order valence-electron chi connectivity index (χ3n) is 18.9. The highest BCUT2D eigenvalue weighted by Gasteiger charge is 2.52. The van der Waals surface area contributed by atoms with E-state index >= 15 is 0 Å². The second kappa shape index (κ2) is 28.8. The van der Waals surface area contributed by atoms with E-state index < -0.39 is 0 Å². The van der Waals surface area contributed by atoms with Crippen LogP contribution in [0.3, 0.4) is 0 Å². The average molecular weight is 1030 g/mol. The van der Waals surface area contributed by atoms with Crippen molar-refractivity contribution in [3.05, 3.63) is 160 Å². The van der Waals surface area contributed by atoms with E-state index in [1.807, 2.05) is 0 Å². The van der Waals surface area contributed by atoms with Crippen molar-refractivity contribution in [2.45, 2.75) is 258 Å². The maximum absolute atomic E-state index is 2.73. The van der Waals surface area contributed by atoms with E-state index in [4.69, 9.17) is 0 Å². The molecule has 0 amide bonds. The van der Waals surface area contributed by atoms with Gasteiger partial charge < -0.3 is 4.90 Å². The van der Waals surface area contributed by atoms with Crippen molar-refractivity contribution in [3.8, 4) is 33.4 Å². The Bertz CT molecular complexity index is 2680. The maximum atomic E-state index is 2.73. The molecule has 2 aliphatic carbocycles. The molecule has 1 nitrogen and oxygen atoms in total. The van der Waals surface area contributed by atoms with Crippen molar-refractivity contribution in [3.63, 3.8) is 0 Å². The van der Waals surface area contributed by atoms with E-state index in [1.54, 1.807) is 38.9 Å². The molecular formula is C76H103N. The Labute approximate surface area is 471 Å². The summed E-state index contributed by atoms with van der Waals surface area (Å²) in [5, 5.41) is 0. The summed E-state index contributed by atoms with van der Waals surface area (Å²) in [6, 6.07) is 48.7. The molecule has 0 aliphatic heterocycles. The van der Waals surface area contributed by atoms with Crippen LogP contribution >= 0.6 is 0 Å². The Kier molecular flexibility index (Phi) is 21.8. The summed E-state index contributed by atoms with van der Waals surface area (Å²) >= 11 is 0. The molecule has 1 atom stereocenters. The molecule has 0 N–H and O–H groups in total. The fraction of sp³-hybridized carbons (Fsp3) is 0.526. The second-order valence-electron chi connectivity index (χ2n) is 24.6. The van der Waals surface area contributed by atoms with E-state index in [2.05, 4.69) is 182 Å². The van der Waals surface area contributed by atoms with Crippen molar-refractivity contribution < 1.29 is 0 Å². The molecule has 8 rings (SSSR count). The lowest BCUT2D eigenvalue weighted by Crippen LogP contribution is -2.33. The maximum Gasteiger partial charge on any atom is 0.0462 e. The van der Waals surface area contributed by atoms with E-state index in [9.17, 15) is 0 Å². The van der Waals surface area contributed by atoms with Crippen molar-refractivity contribution in [1.29, 1.82) is 0 Å². The molecule has 0 fully saturated rings. The summed E-state index contributed by atoms with van der Waals surface area (Å²) in [5.74, 6) is 0.547. The molecule has 0 saturated heterocycles. The molecular weight excluding hydrogens is 927 g/mol. The number of anilines is 3. The summed E-state index contributed by atoms with van der Waals surface area (Å²) in [4.78, 5) is 2.44. The number of unbranched alkanes of at least 4 members (excludes halogenated alkanes) is 20. The lowest BCUT2D eigenvalue weighted by atomic mass is 9.62. The smallest absolute Gasteiger partial charge is 0.0462 e. The van der Waals surface area contributed by atoms with Crippen LogP contribution in [0.5, 0.6) is 0 Å². The normalized spacial score (nSPS) is 14.1. The van der Waals surface area contributed by atoms with E-state index in [0.29, 0.717) is 5.92 Å². The number of aryl methyl sites for hydroxylation is 2. The number of benzene rings is 6. The third-order valence-corrected chi connectivity index (χ3v) is 18.9. The molecule has 2 aliphatic rings. The molecule has 0 bridgehead atoms. The van der Waals surface area contributed by atoms with Crippen LogP contribution in [0.15, 0.2) is 121 Å². The molecule has 6 aromatic carbocycles. The summed E-state index contributed by atoms with van der Waals surface area (Å²) < 4.78 is 0. The lowest BCUT2D eigenvalue weighted by Gasteiger charge is -2.40. The first-order valence-corrected chi connectivity index (χ1v) is 32.2. The minimum absolute atomic E-state index is 0.0314. The molecule has 6 aromatic rings. The minimum Gasteiger partial charge on any atom is -0.311 e. The number of nitrogens with zero attached hydrogens (tertiary/aromatic N) is 1. The van der Waals surface area contributed by atoms with E-state index in [1.165, 1.54) is 230 Å². The Morgan fingerprint density at radius 1 is 0.338 bits per heavy atom. The van der Waals surface area contributed by atoms with Crippen molar-refractivity contribution in [2.24, 2.45) is 0 Å². The lowest BCUT2D eigenvalue weighted by molar-refractivity contribution is 0.368. The van der Waals surface area contributed by atoms with Gasteiger partial charge in [-0.15, -0.1) is 0 Å². The fourth-order valence-electron chi connectivity index (χ4n) is 14.2. The standard InChI is InChI=1S/C76H103N/c1-9-14-18-22-26-30-52-75(53-31-27-23-19-15-10-2)71-56-59(7)36-48-67(71)69-50-51-70-68-49-41-63(57-72(68)76(74(70)73(69)75,54-32-28-24-20-16-11-3)55-33-29-25-21-17-12-4)62-39-46-66(47-40-62)77(64-42-34-58(6)35-43-64)65-44-37-61(38-45-65)60(8)13-5/h34-51,56-57,60H,9-33,52-55H2,1-8H3. The van der Waals surface area contributed by atoms with Crippen LogP contribution in [0.25, 0.3) is 33.4 Å². The zero-order valence-corrected chi connectivity index (χ0v) is 50.1. The predicted molar refractivity (Wildman–Crippen MR) is 339 cm³/mol. The van der Waals surface area contributed by atoms with Gasteiger partial charge in [0.25, 0.3) is 0 Å². The number of rotatable bonds is 34. The Morgan fingerprint density at radius 3 is 1.10 bits per heavy atom. The quantitative estimate of drug-likeness (QED) is 0.0364. The van der Waals surface area contributed by atoms with Crippen molar-refractivity contribution in [1.82, 2.24) is 0 Å². The van der Waals surface area contributed by atoms with Gasteiger partial charge in [0.1, 0.15) is 0 Å². The first-order valence-electron chi connectivity index (χ1n) is 32.2. The summed E-state index contributed by atoms with van der Waals surface area (Å²) in [7, 11) is 0. The monoisotopic (exact) mass is 1030 g/mol. The van der Waals surface area contributed by atoms with E-state index in [-0.39, 0.29) is 10.8 Å². The zero-order valence-electron chi connectivity index (χ0n) is 50.1. The van der Waals surface area contributed by atoms with Crippen LogP contribution in [0.2, 0.25) is 0 Å². The van der Waals surface area contributed by atoms with Crippen molar-refractivity contribution >= 4 is 17.1 Å². The van der Waals surface area contributed by atoms with Crippen LogP contribution in [0.4, 0.5) is 17.1 Å². The SMILES string of the molecule is CCCCCCCCC1(CCCCCCCC)c2cc(C)ccc2-c2ccc3c(c21)C(CCCCCCCC)(CCCCCCCC)c1cc(-c2ccc(N(c4ccc(C)cc4)c4ccc(C(C)CC)cc4)cc2)ccc1-3. The van der Waals surface area contributed by atoms with Gasteiger partial charge in [-0.25, -0.2) is 0 Å². The fourth-order valence-corrected chi connectivity index (χ4v) is 14.2. The van der Waals surface area contributed by atoms with E-state index in [0.717, 1.165) is 6.42 Å². The van der Waals surface area contributed by atoms with Crippen LogP contribution in [0.1, 0.15) is 273 Å². The third kappa shape index (κ3) is 13.6. The van der Waals surface area contributed by atoms with Gasteiger partial charge >= 0.3 is 0 Å². The summed E-state index contributed by atoms with van der Waals surface area (Å²) in [6.45, 7) is 18.6. The highest BCUT2D eigenvalue weighted by molar-refractivity contribution is 5.93. The highest BCUT2D eigenvalue weighted by atomic mass is 15.1. The van der Waals surface area contributed by atoms with Crippen LogP contribution in [-0.2, 0) is 10.8 Å². The largest absolute Gasteiger partial charge is 0.311 e. The van der Waals surface area contributed by atoms with Gasteiger partial charge in [0, 0.05) is 27.9 Å². The Morgan fingerprint density at radius 2 is 0.675 bits per heavy atom. The van der Waals surface area contributed by atoms with Gasteiger partial charge in [0.15, 0.2) is 0 Å². The number of hydrogen-bond acceptors (Lipinski definition) is 1. The van der Waals surface area contributed by atoms with Gasteiger partial charge in [-0.05, 0) is 156 Å². The topological polar surface area (TPSA) is 3.24 Å². The summed E-state index contributed by atoms with van der Waals surface area (Å²) in [5.41, 5.74) is 23.4. The zero-order chi connectivity index (χ0) is 54.0. The highest BCUT2D eigenvalue weighted by Crippen LogP contribution is 2.64. The molecule has 0 aromatic heterocycles. The molecule has 1 heteroatoms. The predicted octanol–water partition coefficient (Wildman–Crippen LogP) is 24.5. The minimum atomic E-state index is -0.0320. The molecule has 0 radical (unpaired) electrons.